The molecule has 3 N–H and O–H groups in total. The van der Waals surface area contributed by atoms with Crippen molar-refractivity contribution >= 4 is 33.5 Å². The molecule has 21 heavy (non-hydrogen) atoms. The number of nitrogens with two attached hydrogens (primary N) is 1. The maximum atomic E-state index is 11.2. The highest BCUT2D eigenvalue weighted by Crippen LogP contribution is 2.25. The summed E-state index contributed by atoms with van der Waals surface area (Å²) in [4.78, 5) is 26.3. The summed E-state index contributed by atoms with van der Waals surface area (Å²) in [7, 11) is 0. The largest absolute Gasteiger partial charge is 0.480 e. The zero-order valence-corrected chi connectivity index (χ0v) is 13.3. The van der Waals surface area contributed by atoms with Gasteiger partial charge >= 0.3 is 5.97 Å². The summed E-state index contributed by atoms with van der Waals surface area (Å²) in [5.74, 6) is -1.26. The molecule has 1 fully saturated rings. The van der Waals surface area contributed by atoms with E-state index in [0.29, 0.717) is 23.1 Å². The van der Waals surface area contributed by atoms with Gasteiger partial charge in [-0.1, -0.05) is 0 Å². The number of anilines is 1. The van der Waals surface area contributed by atoms with E-state index in [1.54, 1.807) is 13.0 Å². The predicted molar refractivity (Wildman–Crippen MR) is 83.5 cm³/mol. The number of halogens is 1. The van der Waals surface area contributed by atoms with Crippen LogP contribution in [0.1, 0.15) is 17.3 Å². The minimum atomic E-state index is -0.794. The molecule has 1 saturated heterocycles. The van der Waals surface area contributed by atoms with E-state index in [4.69, 9.17) is 10.8 Å². The fourth-order valence-corrected chi connectivity index (χ4v) is 2.99. The van der Waals surface area contributed by atoms with Crippen LogP contribution in [0.2, 0.25) is 0 Å². The van der Waals surface area contributed by atoms with Crippen molar-refractivity contribution in [2.45, 2.75) is 13.0 Å². The number of rotatable bonds is 4. The van der Waals surface area contributed by atoms with Crippen LogP contribution in [0, 0.1) is 0 Å². The highest BCUT2D eigenvalue weighted by Gasteiger charge is 2.25. The summed E-state index contributed by atoms with van der Waals surface area (Å²) in [6.07, 6.45) is 0. The molecule has 0 radical (unpaired) electrons. The summed E-state index contributed by atoms with van der Waals surface area (Å²) in [6.45, 7) is 4.60. The van der Waals surface area contributed by atoms with Crippen LogP contribution >= 0.6 is 15.9 Å². The van der Waals surface area contributed by atoms with Crippen LogP contribution in [0.15, 0.2) is 22.7 Å². The minimum absolute atomic E-state index is 0.455. The fourth-order valence-electron chi connectivity index (χ4n) is 2.42. The minimum Gasteiger partial charge on any atom is -0.480 e. The van der Waals surface area contributed by atoms with Gasteiger partial charge in [0.2, 0.25) is 5.91 Å². The van der Waals surface area contributed by atoms with Gasteiger partial charge in [-0.3, -0.25) is 14.5 Å². The monoisotopic (exact) mass is 355 g/mol. The number of aliphatic carboxylic acids is 1. The first-order chi connectivity index (χ1) is 9.90. The molecule has 0 saturated carbocycles. The molecule has 6 nitrogen and oxygen atoms in total. The van der Waals surface area contributed by atoms with Crippen molar-refractivity contribution in [2.24, 2.45) is 5.73 Å². The van der Waals surface area contributed by atoms with Gasteiger partial charge in [0.05, 0.1) is 5.56 Å². The Balaban J connectivity index is 2.04. The third kappa shape index (κ3) is 3.54. The number of carbonyl (C=O) groups is 2. The Morgan fingerprint density at radius 1 is 1.29 bits per heavy atom. The van der Waals surface area contributed by atoms with Gasteiger partial charge in [-0.25, -0.2) is 0 Å². The third-order valence-electron chi connectivity index (χ3n) is 3.80. The van der Waals surface area contributed by atoms with Gasteiger partial charge in [0.25, 0.3) is 0 Å². The molecule has 1 amide bonds. The number of amides is 1. The van der Waals surface area contributed by atoms with Crippen LogP contribution in [0.4, 0.5) is 5.69 Å². The van der Waals surface area contributed by atoms with Crippen molar-refractivity contribution in [2.75, 3.05) is 31.1 Å². The SMILES string of the molecule is CC(C(=O)O)N1CCN(c2ccc(C(N)=O)c(Br)c2)CC1. The second-order valence-electron chi connectivity index (χ2n) is 5.07. The standard InChI is InChI=1S/C14H18BrN3O3/c1-9(14(20)21)17-4-6-18(7-5-17)10-2-3-11(13(16)19)12(15)8-10/h2-3,8-9H,4-7H2,1H3,(H2,16,19)(H,20,21). The molecule has 1 aliphatic heterocycles. The van der Waals surface area contributed by atoms with Gasteiger partial charge in [-0.05, 0) is 41.1 Å². The lowest BCUT2D eigenvalue weighted by molar-refractivity contribution is -0.142. The first-order valence-corrected chi connectivity index (χ1v) is 7.50. The average molecular weight is 356 g/mol. The van der Waals surface area contributed by atoms with Gasteiger partial charge in [0.15, 0.2) is 0 Å². The lowest BCUT2D eigenvalue weighted by atomic mass is 10.1. The molecular weight excluding hydrogens is 338 g/mol. The maximum Gasteiger partial charge on any atom is 0.320 e. The zero-order valence-electron chi connectivity index (χ0n) is 11.8. The number of nitrogens with zero attached hydrogens (tertiary/aromatic N) is 2. The Morgan fingerprint density at radius 3 is 2.38 bits per heavy atom. The molecule has 1 atom stereocenters. The fraction of sp³-hybridized carbons (Fsp3) is 0.429. The van der Waals surface area contributed by atoms with Gasteiger partial charge in [0, 0.05) is 36.3 Å². The Labute approximate surface area is 131 Å². The van der Waals surface area contributed by atoms with E-state index in [1.165, 1.54) is 0 Å². The van der Waals surface area contributed by atoms with Gasteiger partial charge in [-0.2, -0.15) is 0 Å². The normalized spacial score (nSPS) is 17.5. The first-order valence-electron chi connectivity index (χ1n) is 6.71. The van der Waals surface area contributed by atoms with E-state index in [1.807, 2.05) is 17.0 Å². The summed E-state index contributed by atoms with van der Waals surface area (Å²) in [5, 5.41) is 9.03. The van der Waals surface area contributed by atoms with Crippen molar-refractivity contribution in [3.8, 4) is 0 Å². The lowest BCUT2D eigenvalue weighted by Gasteiger charge is -2.37. The molecule has 1 aromatic carbocycles. The average Bonchev–Trinajstić information content (AvgIpc) is 2.46. The van der Waals surface area contributed by atoms with Crippen LogP contribution in [-0.2, 0) is 4.79 Å². The molecule has 7 heteroatoms. The maximum absolute atomic E-state index is 11.2. The van der Waals surface area contributed by atoms with Crippen LogP contribution in [0.5, 0.6) is 0 Å². The quantitative estimate of drug-likeness (QED) is 0.845. The van der Waals surface area contributed by atoms with Crippen molar-refractivity contribution in [1.29, 1.82) is 0 Å². The van der Waals surface area contributed by atoms with E-state index in [0.717, 1.165) is 18.8 Å². The molecule has 1 aliphatic rings. The topological polar surface area (TPSA) is 86.9 Å². The molecule has 2 rings (SSSR count). The van der Waals surface area contributed by atoms with Crippen LogP contribution in [-0.4, -0.2) is 54.1 Å². The highest BCUT2D eigenvalue weighted by molar-refractivity contribution is 9.10. The lowest BCUT2D eigenvalue weighted by Crippen LogP contribution is -2.51. The van der Waals surface area contributed by atoms with Crippen LogP contribution in [0.25, 0.3) is 0 Å². The molecular formula is C14H18BrN3O3. The molecule has 0 aliphatic carbocycles. The van der Waals surface area contributed by atoms with Gasteiger partial charge in [0.1, 0.15) is 6.04 Å². The number of primary amides is 1. The first kappa shape index (κ1) is 15.8. The molecule has 1 aromatic rings. The van der Waals surface area contributed by atoms with Crippen molar-refractivity contribution in [3.63, 3.8) is 0 Å². The Morgan fingerprint density at radius 2 is 1.90 bits per heavy atom. The smallest absolute Gasteiger partial charge is 0.320 e. The predicted octanol–water partition coefficient (Wildman–Crippen LogP) is 1.14. The molecule has 1 unspecified atom stereocenters. The van der Waals surface area contributed by atoms with Crippen molar-refractivity contribution in [3.05, 3.63) is 28.2 Å². The van der Waals surface area contributed by atoms with E-state index in [2.05, 4.69) is 20.8 Å². The second-order valence-corrected chi connectivity index (χ2v) is 5.92. The molecule has 0 aromatic heterocycles. The van der Waals surface area contributed by atoms with Crippen molar-refractivity contribution < 1.29 is 14.7 Å². The number of carbonyl (C=O) groups excluding carboxylic acids is 1. The Kier molecular flexibility index (Phi) is 4.84. The van der Waals surface area contributed by atoms with Crippen molar-refractivity contribution in [1.82, 2.24) is 4.90 Å². The highest BCUT2D eigenvalue weighted by atomic mass is 79.9. The second kappa shape index (κ2) is 6.44. The molecule has 0 bridgehead atoms. The number of carboxylic acids is 1. The molecule has 0 spiro atoms. The van der Waals surface area contributed by atoms with Crippen LogP contribution < -0.4 is 10.6 Å². The zero-order chi connectivity index (χ0) is 15.6. The van der Waals surface area contributed by atoms with Gasteiger partial charge < -0.3 is 15.7 Å². The number of piperazine rings is 1. The number of carboxylic acid groups (broad SMARTS) is 1. The summed E-state index contributed by atoms with van der Waals surface area (Å²) >= 11 is 3.35. The van der Waals surface area contributed by atoms with Gasteiger partial charge in [-0.15, -0.1) is 0 Å². The summed E-state index contributed by atoms with van der Waals surface area (Å²) in [5.41, 5.74) is 6.73. The third-order valence-corrected chi connectivity index (χ3v) is 4.46. The Hall–Kier alpha value is -1.60. The van der Waals surface area contributed by atoms with E-state index in [9.17, 15) is 9.59 Å². The Bertz CT molecular complexity index is 556. The van der Waals surface area contributed by atoms with E-state index < -0.39 is 17.9 Å². The number of hydrogen-bond acceptors (Lipinski definition) is 4. The number of benzene rings is 1. The van der Waals surface area contributed by atoms with Crippen LogP contribution in [0.3, 0.4) is 0 Å². The summed E-state index contributed by atoms with van der Waals surface area (Å²) < 4.78 is 0.675. The summed E-state index contributed by atoms with van der Waals surface area (Å²) in [6, 6.07) is 4.97. The van der Waals surface area contributed by atoms with E-state index >= 15 is 0 Å². The number of hydrogen-bond donors (Lipinski definition) is 2. The molecule has 114 valence electrons. The molecule has 1 heterocycles. The van der Waals surface area contributed by atoms with E-state index in [-0.39, 0.29) is 0 Å².